The van der Waals surface area contributed by atoms with Gasteiger partial charge < -0.3 is 10.2 Å². The molecule has 6 heteroatoms. The second-order valence-corrected chi connectivity index (χ2v) is 4.53. The van der Waals surface area contributed by atoms with E-state index in [0.717, 1.165) is 19.2 Å². The molecule has 1 aromatic heterocycles. The highest BCUT2D eigenvalue weighted by Gasteiger charge is 2.06. The van der Waals surface area contributed by atoms with Crippen LogP contribution in [0.25, 0.3) is 0 Å². The third-order valence-electron chi connectivity index (χ3n) is 2.58. The summed E-state index contributed by atoms with van der Waals surface area (Å²) in [6.45, 7) is 5.88. The van der Waals surface area contributed by atoms with Crippen molar-refractivity contribution in [2.75, 3.05) is 25.5 Å². The van der Waals surface area contributed by atoms with E-state index in [1.54, 1.807) is 0 Å². The van der Waals surface area contributed by atoms with E-state index in [4.69, 9.17) is 11.6 Å². The smallest absolute Gasteiger partial charge is 0.224 e. The highest BCUT2D eigenvalue weighted by atomic mass is 35.5. The maximum absolute atomic E-state index is 13.2. The van der Waals surface area contributed by atoms with Gasteiger partial charge in [0, 0.05) is 12.6 Å². The summed E-state index contributed by atoms with van der Waals surface area (Å²) < 4.78 is 13.2. The number of nitrogens with one attached hydrogen (secondary N) is 1. The summed E-state index contributed by atoms with van der Waals surface area (Å²) in [5.41, 5.74) is 0. The molecule has 96 valence electrons. The monoisotopic (exact) mass is 260 g/mol. The first kappa shape index (κ1) is 14.1. The minimum atomic E-state index is -0.480. The van der Waals surface area contributed by atoms with Crippen molar-refractivity contribution < 1.29 is 4.39 Å². The normalized spacial score (nSPS) is 11.2. The van der Waals surface area contributed by atoms with Crippen LogP contribution in [0.3, 0.4) is 0 Å². The van der Waals surface area contributed by atoms with Gasteiger partial charge in [-0.2, -0.15) is 4.98 Å². The third-order valence-corrected chi connectivity index (χ3v) is 2.76. The molecule has 0 aliphatic carbocycles. The first-order chi connectivity index (χ1) is 8.00. The van der Waals surface area contributed by atoms with Crippen LogP contribution in [0.1, 0.15) is 20.3 Å². The van der Waals surface area contributed by atoms with Gasteiger partial charge in [0.1, 0.15) is 0 Å². The minimum absolute atomic E-state index is 0.0493. The Bertz CT molecular complexity index is 359. The van der Waals surface area contributed by atoms with Crippen LogP contribution in [0.2, 0.25) is 5.28 Å². The van der Waals surface area contributed by atoms with Crippen molar-refractivity contribution in [2.45, 2.75) is 26.3 Å². The van der Waals surface area contributed by atoms with Gasteiger partial charge in [-0.1, -0.05) is 0 Å². The summed E-state index contributed by atoms with van der Waals surface area (Å²) >= 11 is 5.58. The number of aromatic nitrogens is 2. The van der Waals surface area contributed by atoms with Crippen LogP contribution < -0.4 is 5.32 Å². The Morgan fingerprint density at radius 1 is 1.53 bits per heavy atom. The van der Waals surface area contributed by atoms with E-state index in [2.05, 4.69) is 41.1 Å². The molecule has 1 aromatic rings. The number of rotatable bonds is 6. The van der Waals surface area contributed by atoms with Crippen LogP contribution in [0.5, 0.6) is 0 Å². The molecule has 4 nitrogen and oxygen atoms in total. The van der Waals surface area contributed by atoms with Gasteiger partial charge in [0.2, 0.25) is 5.28 Å². The average Bonchev–Trinajstić information content (AvgIpc) is 2.28. The van der Waals surface area contributed by atoms with Gasteiger partial charge >= 0.3 is 0 Å². The minimum Gasteiger partial charge on any atom is -0.367 e. The van der Waals surface area contributed by atoms with E-state index in [-0.39, 0.29) is 11.1 Å². The molecule has 0 saturated heterocycles. The van der Waals surface area contributed by atoms with E-state index in [1.165, 1.54) is 0 Å². The number of anilines is 1. The Hall–Kier alpha value is -0.940. The molecular formula is C11H18ClFN4. The van der Waals surface area contributed by atoms with Gasteiger partial charge in [-0.25, -0.2) is 9.37 Å². The fourth-order valence-corrected chi connectivity index (χ4v) is 1.40. The average molecular weight is 261 g/mol. The maximum Gasteiger partial charge on any atom is 0.224 e. The van der Waals surface area contributed by atoms with Crippen molar-refractivity contribution in [3.8, 4) is 0 Å². The molecule has 1 rings (SSSR count). The largest absolute Gasteiger partial charge is 0.367 e. The van der Waals surface area contributed by atoms with Crippen LogP contribution in [0.4, 0.5) is 10.2 Å². The topological polar surface area (TPSA) is 41.0 Å². The fourth-order valence-electron chi connectivity index (χ4n) is 1.26. The summed E-state index contributed by atoms with van der Waals surface area (Å²) in [5, 5.41) is 2.96. The van der Waals surface area contributed by atoms with Crippen molar-refractivity contribution in [3.05, 3.63) is 17.3 Å². The Labute approximate surface area is 106 Å². The summed E-state index contributed by atoms with van der Waals surface area (Å²) in [6, 6.07) is 0.514. The predicted molar refractivity (Wildman–Crippen MR) is 67.9 cm³/mol. The lowest BCUT2D eigenvalue weighted by atomic mass is 10.3. The number of nitrogens with zero attached hydrogens (tertiary/aromatic N) is 3. The van der Waals surface area contributed by atoms with Crippen molar-refractivity contribution in [3.63, 3.8) is 0 Å². The molecule has 0 radical (unpaired) electrons. The lowest BCUT2D eigenvalue weighted by Gasteiger charge is -2.20. The molecule has 1 heterocycles. The first-order valence-electron chi connectivity index (χ1n) is 5.63. The molecule has 1 N–H and O–H groups in total. The van der Waals surface area contributed by atoms with E-state index < -0.39 is 5.82 Å². The third kappa shape index (κ3) is 4.83. The van der Waals surface area contributed by atoms with Crippen LogP contribution in [0.15, 0.2) is 6.20 Å². The van der Waals surface area contributed by atoms with E-state index in [1.807, 2.05) is 0 Å². The summed E-state index contributed by atoms with van der Waals surface area (Å²) in [4.78, 5) is 9.56. The van der Waals surface area contributed by atoms with Gasteiger partial charge in [0.15, 0.2) is 11.6 Å². The molecule has 0 saturated carbocycles. The van der Waals surface area contributed by atoms with Crippen LogP contribution in [-0.4, -0.2) is 41.0 Å². The lowest BCUT2D eigenvalue weighted by molar-refractivity contribution is 0.273. The SMILES string of the molecule is CC(C)N(C)CCCNc1nc(Cl)ncc1F. The number of halogens is 2. The zero-order valence-electron chi connectivity index (χ0n) is 10.4. The zero-order chi connectivity index (χ0) is 12.8. The number of hydrogen-bond donors (Lipinski definition) is 1. The lowest BCUT2D eigenvalue weighted by Crippen LogP contribution is -2.28. The zero-order valence-corrected chi connectivity index (χ0v) is 11.1. The summed E-state index contributed by atoms with van der Waals surface area (Å²) in [6.07, 6.45) is 1.98. The van der Waals surface area contributed by atoms with Crippen molar-refractivity contribution in [1.29, 1.82) is 0 Å². The Morgan fingerprint density at radius 2 is 2.24 bits per heavy atom. The molecular weight excluding hydrogens is 243 g/mol. The predicted octanol–water partition coefficient (Wildman–Crippen LogP) is 2.41. The summed E-state index contributed by atoms with van der Waals surface area (Å²) in [7, 11) is 2.06. The second kappa shape index (κ2) is 6.71. The molecule has 0 aliphatic rings. The van der Waals surface area contributed by atoms with E-state index >= 15 is 0 Å². The van der Waals surface area contributed by atoms with Crippen LogP contribution in [-0.2, 0) is 0 Å². The standard InChI is InChI=1S/C11H18ClFN4/c1-8(2)17(3)6-4-5-14-10-9(13)7-15-11(12)16-10/h7-8H,4-6H2,1-3H3,(H,14,15,16). The molecule has 0 unspecified atom stereocenters. The quantitative estimate of drug-likeness (QED) is 0.630. The highest BCUT2D eigenvalue weighted by molar-refractivity contribution is 6.28. The van der Waals surface area contributed by atoms with Crippen molar-refractivity contribution >= 4 is 17.4 Å². The first-order valence-corrected chi connectivity index (χ1v) is 6.00. The maximum atomic E-state index is 13.2. The van der Waals surface area contributed by atoms with Gasteiger partial charge in [-0.3, -0.25) is 0 Å². The van der Waals surface area contributed by atoms with E-state index in [9.17, 15) is 4.39 Å². The fraction of sp³-hybridized carbons (Fsp3) is 0.636. The molecule has 0 spiro atoms. The molecule has 17 heavy (non-hydrogen) atoms. The van der Waals surface area contributed by atoms with E-state index in [0.29, 0.717) is 12.6 Å². The Morgan fingerprint density at radius 3 is 2.88 bits per heavy atom. The van der Waals surface area contributed by atoms with Crippen molar-refractivity contribution in [2.24, 2.45) is 0 Å². The molecule has 0 fully saturated rings. The molecule has 0 bridgehead atoms. The Balaban J connectivity index is 2.33. The molecule has 0 amide bonds. The Kier molecular flexibility index (Phi) is 5.58. The number of hydrogen-bond acceptors (Lipinski definition) is 4. The summed E-state index contributed by atoms with van der Waals surface area (Å²) in [5.74, 6) is -0.316. The van der Waals surface area contributed by atoms with Gasteiger partial charge in [-0.15, -0.1) is 0 Å². The molecule has 0 aromatic carbocycles. The molecule has 0 aliphatic heterocycles. The van der Waals surface area contributed by atoms with Gasteiger partial charge in [0.05, 0.1) is 6.20 Å². The van der Waals surface area contributed by atoms with Crippen LogP contribution in [0, 0.1) is 5.82 Å². The van der Waals surface area contributed by atoms with Gasteiger partial charge in [-0.05, 0) is 45.5 Å². The van der Waals surface area contributed by atoms with Crippen LogP contribution >= 0.6 is 11.6 Å². The molecule has 0 atom stereocenters. The highest BCUT2D eigenvalue weighted by Crippen LogP contribution is 2.11. The van der Waals surface area contributed by atoms with Gasteiger partial charge in [0.25, 0.3) is 0 Å². The van der Waals surface area contributed by atoms with Crippen molar-refractivity contribution in [1.82, 2.24) is 14.9 Å². The second-order valence-electron chi connectivity index (χ2n) is 4.19.